The standard InChI is InChI=1S/C8H14O3/c1-8(2,3)6(9)5-7(10)11-4/h5,9H,1-4H3. The SMILES string of the molecule is COC(=O)C=C(O)C(C)(C)C. The van der Waals surface area contributed by atoms with Crippen molar-refractivity contribution in [1.29, 1.82) is 0 Å². The van der Waals surface area contributed by atoms with E-state index in [4.69, 9.17) is 0 Å². The molecule has 0 aliphatic heterocycles. The van der Waals surface area contributed by atoms with Gasteiger partial charge in [0.05, 0.1) is 13.2 Å². The van der Waals surface area contributed by atoms with Gasteiger partial charge in [0.25, 0.3) is 0 Å². The van der Waals surface area contributed by atoms with E-state index in [1.165, 1.54) is 7.11 Å². The number of carbonyl (C=O) groups excluding carboxylic acids is 1. The molecular weight excluding hydrogens is 144 g/mol. The average molecular weight is 158 g/mol. The van der Waals surface area contributed by atoms with Crippen LogP contribution in [0.3, 0.4) is 0 Å². The maximum Gasteiger partial charge on any atom is 0.333 e. The van der Waals surface area contributed by atoms with E-state index in [2.05, 4.69) is 4.74 Å². The third-order valence-corrected chi connectivity index (χ3v) is 1.22. The van der Waals surface area contributed by atoms with Crippen molar-refractivity contribution < 1.29 is 14.6 Å². The van der Waals surface area contributed by atoms with Crippen LogP contribution in [0.15, 0.2) is 11.8 Å². The van der Waals surface area contributed by atoms with E-state index in [1.807, 2.05) is 20.8 Å². The number of ether oxygens (including phenoxy) is 1. The summed E-state index contributed by atoms with van der Waals surface area (Å²) < 4.78 is 4.34. The van der Waals surface area contributed by atoms with E-state index in [0.717, 1.165) is 6.08 Å². The molecule has 11 heavy (non-hydrogen) atoms. The predicted octanol–water partition coefficient (Wildman–Crippen LogP) is 1.65. The van der Waals surface area contributed by atoms with Crippen molar-refractivity contribution >= 4 is 5.97 Å². The van der Waals surface area contributed by atoms with Crippen LogP contribution in [0, 0.1) is 5.41 Å². The Hall–Kier alpha value is -0.990. The molecule has 0 aromatic rings. The molecule has 0 amide bonds. The highest BCUT2D eigenvalue weighted by Crippen LogP contribution is 2.21. The largest absolute Gasteiger partial charge is 0.511 e. The summed E-state index contributed by atoms with van der Waals surface area (Å²) in [5.41, 5.74) is -0.395. The van der Waals surface area contributed by atoms with Crippen LogP contribution in [0.2, 0.25) is 0 Å². The molecule has 3 heteroatoms. The fourth-order valence-corrected chi connectivity index (χ4v) is 0.387. The molecule has 0 saturated heterocycles. The van der Waals surface area contributed by atoms with Gasteiger partial charge in [-0.15, -0.1) is 0 Å². The first kappa shape index (κ1) is 10.0. The number of hydrogen-bond donors (Lipinski definition) is 1. The fourth-order valence-electron chi connectivity index (χ4n) is 0.387. The summed E-state index contributed by atoms with van der Waals surface area (Å²) >= 11 is 0. The third-order valence-electron chi connectivity index (χ3n) is 1.22. The Morgan fingerprint density at radius 2 is 1.91 bits per heavy atom. The molecule has 0 aliphatic rings. The van der Waals surface area contributed by atoms with Crippen LogP contribution in [0.25, 0.3) is 0 Å². The first-order valence-electron chi connectivity index (χ1n) is 3.37. The van der Waals surface area contributed by atoms with Crippen LogP contribution in [0.1, 0.15) is 20.8 Å². The van der Waals surface area contributed by atoms with Crippen molar-refractivity contribution in [3.63, 3.8) is 0 Å². The Morgan fingerprint density at radius 1 is 1.45 bits per heavy atom. The van der Waals surface area contributed by atoms with Gasteiger partial charge in [-0.2, -0.15) is 0 Å². The van der Waals surface area contributed by atoms with E-state index < -0.39 is 11.4 Å². The molecule has 0 saturated carbocycles. The molecule has 0 heterocycles. The lowest BCUT2D eigenvalue weighted by atomic mass is 9.94. The molecule has 3 nitrogen and oxygen atoms in total. The Balaban J connectivity index is 4.35. The van der Waals surface area contributed by atoms with Crippen molar-refractivity contribution in [2.24, 2.45) is 5.41 Å². The van der Waals surface area contributed by atoms with E-state index >= 15 is 0 Å². The number of methoxy groups -OCH3 is 1. The average Bonchev–Trinajstić information content (AvgIpc) is 1.85. The van der Waals surface area contributed by atoms with Gasteiger partial charge in [0.1, 0.15) is 5.76 Å². The van der Waals surface area contributed by atoms with Gasteiger partial charge in [-0.25, -0.2) is 4.79 Å². The maximum atomic E-state index is 10.6. The maximum absolute atomic E-state index is 10.6. The summed E-state index contributed by atoms with van der Waals surface area (Å²) in [4.78, 5) is 10.6. The summed E-state index contributed by atoms with van der Waals surface area (Å²) in [5.74, 6) is -0.498. The third kappa shape index (κ3) is 3.65. The summed E-state index contributed by atoms with van der Waals surface area (Å²) in [6.07, 6.45) is 1.08. The second-order valence-electron chi connectivity index (χ2n) is 3.30. The number of rotatable bonds is 1. The molecule has 0 fully saturated rings. The normalized spacial score (nSPS) is 12.9. The van der Waals surface area contributed by atoms with E-state index in [1.54, 1.807) is 0 Å². The highest BCUT2D eigenvalue weighted by Gasteiger charge is 2.16. The fraction of sp³-hybridized carbons (Fsp3) is 0.625. The number of hydrogen-bond acceptors (Lipinski definition) is 3. The van der Waals surface area contributed by atoms with Crippen molar-refractivity contribution in [1.82, 2.24) is 0 Å². The number of aliphatic hydroxyl groups is 1. The molecular formula is C8H14O3. The van der Waals surface area contributed by atoms with Crippen molar-refractivity contribution in [3.8, 4) is 0 Å². The quantitative estimate of drug-likeness (QED) is 0.358. The lowest BCUT2D eigenvalue weighted by molar-refractivity contribution is -0.135. The van der Waals surface area contributed by atoms with Gasteiger partial charge in [-0.05, 0) is 0 Å². The molecule has 64 valence electrons. The van der Waals surface area contributed by atoms with E-state index in [0.29, 0.717) is 0 Å². The second-order valence-corrected chi connectivity index (χ2v) is 3.30. The zero-order valence-corrected chi connectivity index (χ0v) is 7.34. The monoisotopic (exact) mass is 158 g/mol. The van der Waals surface area contributed by atoms with E-state index in [-0.39, 0.29) is 5.76 Å². The molecule has 0 aliphatic carbocycles. The zero-order chi connectivity index (χ0) is 9.07. The highest BCUT2D eigenvalue weighted by atomic mass is 16.5. The Kier molecular flexibility index (Phi) is 3.11. The number of aliphatic hydroxyl groups excluding tert-OH is 1. The summed E-state index contributed by atoms with van der Waals surface area (Å²) in [6, 6.07) is 0. The molecule has 0 aromatic carbocycles. The van der Waals surface area contributed by atoms with Crippen LogP contribution in [0.5, 0.6) is 0 Å². The Morgan fingerprint density at radius 3 is 2.18 bits per heavy atom. The number of carbonyl (C=O) groups is 1. The minimum atomic E-state index is -0.530. The van der Waals surface area contributed by atoms with Crippen LogP contribution in [-0.2, 0) is 9.53 Å². The van der Waals surface area contributed by atoms with Crippen LogP contribution in [-0.4, -0.2) is 18.2 Å². The first-order chi connectivity index (χ1) is 4.88. The zero-order valence-electron chi connectivity index (χ0n) is 7.34. The van der Waals surface area contributed by atoms with Crippen LogP contribution < -0.4 is 0 Å². The summed E-state index contributed by atoms with van der Waals surface area (Å²) in [7, 11) is 1.27. The van der Waals surface area contributed by atoms with Crippen LogP contribution >= 0.6 is 0 Å². The van der Waals surface area contributed by atoms with Gasteiger partial charge in [0.15, 0.2) is 0 Å². The predicted molar refractivity (Wildman–Crippen MR) is 42.2 cm³/mol. The van der Waals surface area contributed by atoms with Crippen molar-refractivity contribution in [2.75, 3.05) is 7.11 Å². The minimum Gasteiger partial charge on any atom is -0.511 e. The smallest absolute Gasteiger partial charge is 0.333 e. The van der Waals surface area contributed by atoms with Gasteiger partial charge >= 0.3 is 5.97 Å². The van der Waals surface area contributed by atoms with Crippen LogP contribution in [0.4, 0.5) is 0 Å². The first-order valence-corrected chi connectivity index (χ1v) is 3.37. The number of allylic oxidation sites excluding steroid dienone is 1. The summed E-state index contributed by atoms with van der Waals surface area (Å²) in [6.45, 7) is 5.42. The molecule has 0 spiro atoms. The minimum absolute atomic E-state index is 0.0318. The molecule has 0 bridgehead atoms. The molecule has 0 aromatic heterocycles. The lowest BCUT2D eigenvalue weighted by Crippen LogP contribution is -2.11. The Labute approximate surface area is 66.7 Å². The highest BCUT2D eigenvalue weighted by molar-refractivity contribution is 5.82. The molecule has 0 unspecified atom stereocenters. The van der Waals surface area contributed by atoms with Crippen molar-refractivity contribution in [3.05, 3.63) is 11.8 Å². The Bertz CT molecular complexity index is 174. The van der Waals surface area contributed by atoms with Gasteiger partial charge in [-0.3, -0.25) is 0 Å². The van der Waals surface area contributed by atoms with Gasteiger partial charge in [0.2, 0.25) is 0 Å². The van der Waals surface area contributed by atoms with Gasteiger partial charge < -0.3 is 9.84 Å². The van der Waals surface area contributed by atoms with Gasteiger partial charge in [-0.1, -0.05) is 20.8 Å². The molecule has 0 radical (unpaired) electrons. The van der Waals surface area contributed by atoms with E-state index in [9.17, 15) is 9.90 Å². The van der Waals surface area contributed by atoms with Gasteiger partial charge in [0, 0.05) is 5.41 Å². The summed E-state index contributed by atoms with van der Waals surface area (Å²) in [5, 5.41) is 9.25. The molecule has 0 atom stereocenters. The number of esters is 1. The molecule has 0 rings (SSSR count). The second kappa shape index (κ2) is 3.42. The molecule has 1 N–H and O–H groups in total. The van der Waals surface area contributed by atoms with Crippen molar-refractivity contribution in [2.45, 2.75) is 20.8 Å². The lowest BCUT2D eigenvalue weighted by Gasteiger charge is -2.16. The topological polar surface area (TPSA) is 46.5 Å².